The maximum atomic E-state index is 14.5. The van der Waals surface area contributed by atoms with Crippen molar-refractivity contribution in [3.63, 3.8) is 0 Å². The highest BCUT2D eigenvalue weighted by Gasteiger charge is 2.41. The number of halogens is 9. The third-order valence-electron chi connectivity index (χ3n) is 18.0. The van der Waals surface area contributed by atoms with Crippen molar-refractivity contribution in [3.05, 3.63) is 79.8 Å². The monoisotopic (exact) mass is 1800 g/mol. The van der Waals surface area contributed by atoms with Crippen LogP contribution in [0.25, 0.3) is 0 Å². The number of hydrogen-bond donors (Lipinski definition) is 1. The van der Waals surface area contributed by atoms with E-state index in [1.165, 1.54) is 9.80 Å². The predicted molar refractivity (Wildman–Crippen MR) is 385 cm³/mol. The number of carbonyl (C=O) groups is 3. The number of nitrogens with zero attached hydrogens (tertiary/aromatic N) is 14. The molecule has 536 valence electrons. The first-order valence-corrected chi connectivity index (χ1v) is 37.1. The summed E-state index contributed by atoms with van der Waals surface area (Å²) in [5, 5.41) is 24.3. The van der Waals surface area contributed by atoms with Crippen LogP contribution in [-0.4, -0.2) is 246 Å². The molecule has 0 aromatic carbocycles. The number of Topliss-reactive ketones (excluding diaryl/α,β-unsaturated/α-hetero) is 1. The molecular formula is C64H94F5I4N15O8. The molecule has 8 fully saturated rings. The summed E-state index contributed by atoms with van der Waals surface area (Å²) >= 11 is 8.80. The van der Waals surface area contributed by atoms with Gasteiger partial charge in [0.15, 0.2) is 5.78 Å². The van der Waals surface area contributed by atoms with Crippen LogP contribution in [-0.2, 0) is 28.5 Å². The van der Waals surface area contributed by atoms with Gasteiger partial charge in [0.05, 0.1) is 127 Å². The lowest BCUT2D eigenvalue weighted by Crippen LogP contribution is -2.55. The number of hydrogen-bond acceptors (Lipinski definition) is 16. The van der Waals surface area contributed by atoms with Gasteiger partial charge < -0.3 is 38.8 Å². The fourth-order valence-corrected chi connectivity index (χ4v) is 13.6. The Bertz CT molecular complexity index is 3230. The van der Waals surface area contributed by atoms with E-state index in [-0.39, 0.29) is 49.1 Å². The molecule has 0 saturated carbocycles. The van der Waals surface area contributed by atoms with Crippen molar-refractivity contribution < 1.29 is 60.0 Å². The minimum Gasteiger partial charge on any atom is -0.444 e. The molecule has 8 saturated heterocycles. The molecule has 0 spiro atoms. The van der Waals surface area contributed by atoms with Crippen molar-refractivity contribution in [2.45, 2.75) is 193 Å². The van der Waals surface area contributed by atoms with Gasteiger partial charge in [-0.15, -0.1) is 0 Å². The van der Waals surface area contributed by atoms with E-state index in [4.69, 9.17) is 18.9 Å². The summed E-state index contributed by atoms with van der Waals surface area (Å²) in [5.41, 5.74) is 4.21. The predicted octanol–water partition coefficient (Wildman–Crippen LogP) is 10.8. The minimum atomic E-state index is -1.14. The molecule has 1 N–H and O–H groups in total. The van der Waals surface area contributed by atoms with Gasteiger partial charge in [0.25, 0.3) is 0 Å². The van der Waals surface area contributed by atoms with Gasteiger partial charge >= 0.3 is 12.2 Å². The molecule has 8 aliphatic heterocycles. The average Bonchev–Trinajstić information content (AvgIpc) is 1.53. The van der Waals surface area contributed by atoms with E-state index in [2.05, 4.69) is 136 Å². The van der Waals surface area contributed by atoms with Crippen molar-refractivity contribution in [2.24, 2.45) is 0 Å². The Kier molecular flexibility index (Phi) is 28.9. The zero-order valence-corrected chi connectivity index (χ0v) is 65.3. The number of ketones is 1. The van der Waals surface area contributed by atoms with E-state index in [9.17, 15) is 36.3 Å². The zero-order chi connectivity index (χ0) is 69.9. The molecule has 5 aromatic rings. The Hall–Kier alpha value is -3.41. The summed E-state index contributed by atoms with van der Waals surface area (Å²) in [6.07, 6.45) is 8.60. The molecule has 13 rings (SSSR count). The normalized spacial score (nSPS) is 26.6. The van der Waals surface area contributed by atoms with Crippen molar-refractivity contribution in [2.75, 3.05) is 105 Å². The summed E-state index contributed by atoms with van der Waals surface area (Å²) in [4.78, 5) is 41.0. The molecule has 13 heterocycles. The quantitative estimate of drug-likeness (QED) is 0.119. The number of ether oxygens (including phenoxy) is 5. The first kappa shape index (κ1) is 78.3. The number of likely N-dealkylation sites (tertiary alicyclic amines) is 4. The maximum Gasteiger partial charge on any atom is 0.410 e. The Morgan fingerprint density at radius 2 is 0.875 bits per heavy atom. The molecule has 0 aliphatic carbocycles. The van der Waals surface area contributed by atoms with E-state index in [1.54, 1.807) is 69.5 Å². The third kappa shape index (κ3) is 21.3. The number of aryl methyl sites for hydroxylation is 1. The Morgan fingerprint density at radius 1 is 0.500 bits per heavy atom. The van der Waals surface area contributed by atoms with E-state index >= 15 is 0 Å². The maximum absolute atomic E-state index is 14.5. The fraction of sp³-hybridized carbons (Fsp3) is 0.719. The molecule has 23 nitrogen and oxygen atoms in total. The summed E-state index contributed by atoms with van der Waals surface area (Å²) < 4.78 is 110. The van der Waals surface area contributed by atoms with Crippen LogP contribution >= 0.6 is 90.4 Å². The lowest BCUT2D eigenvalue weighted by molar-refractivity contribution is -0.140. The van der Waals surface area contributed by atoms with Gasteiger partial charge in [-0.2, -0.15) is 25.5 Å². The van der Waals surface area contributed by atoms with E-state index < -0.39 is 54.2 Å². The van der Waals surface area contributed by atoms with Crippen LogP contribution in [0.5, 0.6) is 0 Å². The topological polar surface area (TPSA) is 211 Å². The molecule has 96 heavy (non-hydrogen) atoms. The molecule has 2 amide bonds. The Labute approximate surface area is 614 Å². The number of aromatic nitrogens is 10. The average molecular weight is 1800 g/mol. The van der Waals surface area contributed by atoms with Gasteiger partial charge in [0.1, 0.15) is 55.3 Å². The highest BCUT2D eigenvalue weighted by molar-refractivity contribution is 14.1. The van der Waals surface area contributed by atoms with Crippen LogP contribution in [0.2, 0.25) is 0 Å². The van der Waals surface area contributed by atoms with Gasteiger partial charge in [0, 0.05) is 74.8 Å². The summed E-state index contributed by atoms with van der Waals surface area (Å²) in [7, 11) is 0. The Balaban J connectivity index is 0.000000151. The number of nitrogens with one attached hydrogen (secondary N) is 1. The number of piperidine rings is 5. The fourth-order valence-electron chi connectivity index (χ4n) is 12.1. The SMILES string of the molecule is CC(C)(C)OC(=O)N1CC[C@H](n2cc(I)cn2)[C@@H](F)C1.Cc1c(I)cnn1[C@H]1CCN(C(=O)OC(C)(C)C)C[C@@H]1F.Cc1c(I)cnn1[C@H]1CCN(C2COC2)C[C@@H]1F.Cc1c(I)cnn1[C@H]1CCNC[C@@H]1F.Cc1cnn([C@H]2CCN(C3COC3)C[C@@H]2F)c1C.O=C1COC1. The van der Waals surface area contributed by atoms with Crippen LogP contribution < -0.4 is 5.32 Å². The molecule has 0 radical (unpaired) electrons. The second kappa shape index (κ2) is 35.5. The second-order valence-electron chi connectivity index (χ2n) is 27.4. The highest BCUT2D eigenvalue weighted by atomic mass is 127. The lowest BCUT2D eigenvalue weighted by Gasteiger charge is -2.42. The highest BCUT2D eigenvalue weighted by Crippen LogP contribution is 2.34. The van der Waals surface area contributed by atoms with Crippen molar-refractivity contribution in [1.29, 1.82) is 0 Å². The zero-order valence-electron chi connectivity index (χ0n) is 56.7. The number of rotatable bonds is 7. The van der Waals surface area contributed by atoms with Gasteiger partial charge in [-0.05, 0) is 211 Å². The summed E-state index contributed by atoms with van der Waals surface area (Å²) in [6, 6.07) is -0.0430. The lowest BCUT2D eigenvalue weighted by atomic mass is 10.0. The third-order valence-corrected chi connectivity index (χ3v) is 21.7. The van der Waals surface area contributed by atoms with Crippen LogP contribution in [0.4, 0.5) is 31.5 Å². The van der Waals surface area contributed by atoms with Gasteiger partial charge in [0.2, 0.25) is 0 Å². The first-order chi connectivity index (χ1) is 45.4. The first-order valence-electron chi connectivity index (χ1n) is 32.8. The van der Waals surface area contributed by atoms with Crippen molar-refractivity contribution in [1.82, 2.24) is 73.8 Å². The number of amides is 2. The van der Waals surface area contributed by atoms with Crippen LogP contribution in [0.3, 0.4) is 0 Å². The summed E-state index contributed by atoms with van der Waals surface area (Å²) in [5.74, 6) is 0.213. The van der Waals surface area contributed by atoms with Gasteiger partial charge in [-0.25, -0.2) is 31.5 Å². The van der Waals surface area contributed by atoms with Crippen LogP contribution in [0.1, 0.15) is 132 Å². The van der Waals surface area contributed by atoms with Gasteiger partial charge in [-0.3, -0.25) is 38.0 Å². The molecule has 10 atom stereocenters. The number of alkyl halides is 5. The van der Waals surface area contributed by atoms with E-state index in [0.717, 1.165) is 108 Å². The Morgan fingerprint density at radius 3 is 1.17 bits per heavy atom. The van der Waals surface area contributed by atoms with Gasteiger partial charge in [-0.1, -0.05) is 0 Å². The molecule has 0 unspecified atom stereocenters. The smallest absolute Gasteiger partial charge is 0.410 e. The van der Waals surface area contributed by atoms with E-state index in [1.807, 2.05) is 67.3 Å². The summed E-state index contributed by atoms with van der Waals surface area (Å²) in [6.45, 7) is 29.8. The van der Waals surface area contributed by atoms with Crippen molar-refractivity contribution in [3.8, 4) is 0 Å². The van der Waals surface area contributed by atoms with Crippen molar-refractivity contribution >= 4 is 108 Å². The molecule has 32 heteroatoms. The second-order valence-corrected chi connectivity index (χ2v) is 32.1. The largest absolute Gasteiger partial charge is 0.444 e. The molecule has 8 aliphatic rings. The van der Waals surface area contributed by atoms with Crippen LogP contribution in [0.15, 0.2) is 37.2 Å². The van der Waals surface area contributed by atoms with Crippen LogP contribution in [0, 0.1) is 48.9 Å². The molecule has 0 bridgehead atoms. The standard InChI is InChI=1S/C14H21FIN3O2.C13H19FIN3O2.C13H20FN3O.C12H17FIN3O.C9H13FIN3.C3H4O2/c1-9-11(16)7-17-19(9)12-5-6-18(8-10(12)15)13(20)21-14(2,3)4;1-13(2,3)20-12(19)17-5-4-11(10(14)8-17)18-7-9(15)6-16-18;1-9-5-15-17(10(9)2)13-3-4-16(6-12(13)14)11-7-18-8-11;1-8-11(14)4-15-17(8)12-2-3-16(5-10(12)13)9-6-18-7-9;1-6-8(11)5-13-14(6)9-2-3-12-4-7(9)10;4-3-1-5-2-3/h7,10,12H,5-6,8H2,1-4H3;6-7,10-11H,4-5,8H2,1-3H3;5,11-13H,3-4,6-8H2,1-2H3;4,9-10,12H,2-3,5-7H2,1H3;5,7,9,12H,2-4H2,1H3;1-2H2/t10-,12-;10-,11-;12-,13-;10-,12-;7-,9-;/m00000./s1. The number of carbonyl (C=O) groups excluding carboxylic acids is 3. The minimum absolute atomic E-state index is 0.0511. The molecular weight excluding hydrogens is 1710 g/mol. The van der Waals surface area contributed by atoms with E-state index in [0.29, 0.717) is 70.9 Å². The molecule has 5 aromatic heterocycles.